The Labute approximate surface area is 265 Å². The van der Waals surface area contributed by atoms with Crippen molar-refractivity contribution in [2.75, 3.05) is 6.54 Å². The molecule has 43 heavy (non-hydrogen) atoms. The highest BCUT2D eigenvalue weighted by Crippen LogP contribution is 2.26. The Morgan fingerprint density at radius 3 is 1.91 bits per heavy atom. The topological polar surface area (TPSA) is 67.3 Å². The molecule has 0 aliphatic carbocycles. The van der Waals surface area contributed by atoms with E-state index in [1.165, 1.54) is 41.6 Å². The van der Waals surface area contributed by atoms with Gasteiger partial charge in [-0.05, 0) is 108 Å². The molecule has 3 aromatic carbocycles. The third-order valence-electron chi connectivity index (χ3n) is 6.67. The average molecular weight is 637 g/mol. The number of aryl methyl sites for hydroxylation is 2. The van der Waals surface area contributed by atoms with Gasteiger partial charge in [0.05, 0.1) is 11.4 Å². The molecule has 1 radical (unpaired) electrons. The smallest absolute Gasteiger partial charge is 0.537 e. The molecule has 0 spiro atoms. The zero-order chi connectivity index (χ0) is 30.7. The minimum atomic E-state index is 0.588. The van der Waals surface area contributed by atoms with Crippen LogP contribution in [0.25, 0.3) is 11.3 Å². The van der Waals surface area contributed by atoms with Crippen LogP contribution in [-0.2, 0) is 0 Å². The number of nitrogens with one attached hydrogen (secondary N) is 1. The normalized spacial score (nSPS) is 15.2. The third-order valence-corrected chi connectivity index (χ3v) is 7.10. The minimum Gasteiger partial charge on any atom is -0.537 e. The van der Waals surface area contributed by atoms with Crippen LogP contribution in [0.15, 0.2) is 132 Å². The molecule has 0 amide bonds. The number of nitrogens with zero attached hydrogens (tertiary/aromatic N) is 2. The molecule has 2 unspecified atom stereocenters. The number of hydrogen-bond acceptors (Lipinski definition) is 5. The maximum Gasteiger partial charge on any atom is 0.569 e. The summed E-state index contributed by atoms with van der Waals surface area (Å²) in [6.45, 7) is 7.62. The summed E-state index contributed by atoms with van der Waals surface area (Å²) in [7, 11) is 0.662. The molecule has 5 nitrogen and oxygen atoms in total. The van der Waals surface area contributed by atoms with E-state index in [1.807, 2.05) is 67.7 Å². The number of pyridine rings is 2. The summed E-state index contributed by atoms with van der Waals surface area (Å²) in [4.78, 5) is 8.27. The molecule has 0 saturated carbocycles. The van der Waals surface area contributed by atoms with E-state index in [2.05, 4.69) is 98.2 Å². The van der Waals surface area contributed by atoms with Crippen LogP contribution in [-0.4, -0.2) is 29.2 Å². The average Bonchev–Trinajstić information content (AvgIpc) is 3.04. The van der Waals surface area contributed by atoms with Gasteiger partial charge >= 0.3 is 7.69 Å². The van der Waals surface area contributed by atoms with Gasteiger partial charge in [-0.3, -0.25) is 4.98 Å². The Kier molecular flexibility index (Phi) is 15.2. The summed E-state index contributed by atoms with van der Waals surface area (Å²) in [5.41, 5.74) is 6.13. The van der Waals surface area contributed by atoms with Gasteiger partial charge in [-0.2, -0.15) is 0 Å². The molecule has 2 atom stereocenters. The Bertz CT molecular complexity index is 1430. The fraction of sp³-hybridized carbons (Fsp3) is 0.222. The van der Waals surface area contributed by atoms with E-state index in [4.69, 9.17) is 5.02 Å². The first-order valence-corrected chi connectivity index (χ1v) is 15.3. The predicted octanol–water partition coefficient (Wildman–Crippen LogP) is 8.55. The van der Waals surface area contributed by atoms with Crippen molar-refractivity contribution in [3.8, 4) is 17.0 Å². The first kappa shape index (κ1) is 33.7. The van der Waals surface area contributed by atoms with Crippen LogP contribution in [0.3, 0.4) is 0 Å². The number of hydrogen-bond donors (Lipinski definition) is 2. The Morgan fingerprint density at radius 2 is 1.37 bits per heavy atom. The largest absolute Gasteiger partial charge is 0.569 e. The fourth-order valence-electron chi connectivity index (χ4n) is 4.41. The summed E-state index contributed by atoms with van der Waals surface area (Å²) >= 11 is 3.25. The highest BCUT2D eigenvalue weighted by atomic mass is 79.9. The van der Waals surface area contributed by atoms with Gasteiger partial charge in [-0.1, -0.05) is 85.8 Å². The van der Waals surface area contributed by atoms with E-state index >= 15 is 0 Å². The summed E-state index contributed by atoms with van der Waals surface area (Å²) in [5.74, 6) is 1.51. The van der Waals surface area contributed by atoms with E-state index in [0.29, 0.717) is 19.5 Å². The van der Waals surface area contributed by atoms with Crippen molar-refractivity contribution in [3.05, 3.63) is 149 Å². The number of halogens is 1. The van der Waals surface area contributed by atoms with Gasteiger partial charge in [-0.15, -0.1) is 0 Å². The molecule has 221 valence electrons. The van der Waals surface area contributed by atoms with Crippen molar-refractivity contribution in [2.45, 2.75) is 39.7 Å². The molecule has 3 heterocycles. The summed E-state index contributed by atoms with van der Waals surface area (Å²) in [6.07, 6.45) is 6.23. The lowest BCUT2D eigenvalue weighted by Gasteiger charge is -2.28. The molecular formula is C36H40BBrN3O2. The van der Waals surface area contributed by atoms with Gasteiger partial charge in [-0.25, -0.2) is 4.98 Å². The van der Waals surface area contributed by atoms with E-state index in [9.17, 15) is 0 Å². The highest BCUT2D eigenvalue weighted by molar-refractivity contribution is 9.10. The Balaban J connectivity index is 0.000000160. The van der Waals surface area contributed by atoms with Crippen molar-refractivity contribution < 1.29 is 9.68 Å². The monoisotopic (exact) mass is 636 g/mol. The SMILES string of the molecule is CC1CCNC(c2ccccc2)C1.Cc1ccnc(-c2ccccc2)c1.Cc1ccnc(Br)c1.O[B]Oc1ccccc1. The number of aromatic nitrogens is 2. The number of benzene rings is 3. The second-order valence-corrected chi connectivity index (χ2v) is 11.1. The number of rotatable bonds is 4. The van der Waals surface area contributed by atoms with Crippen LogP contribution in [0, 0.1) is 19.8 Å². The summed E-state index contributed by atoms with van der Waals surface area (Å²) in [5, 5.41) is 11.7. The van der Waals surface area contributed by atoms with Gasteiger partial charge < -0.3 is 15.0 Å². The van der Waals surface area contributed by atoms with Crippen LogP contribution in [0.2, 0.25) is 0 Å². The Hall–Kier alpha value is -3.78. The van der Waals surface area contributed by atoms with Crippen LogP contribution >= 0.6 is 15.9 Å². The van der Waals surface area contributed by atoms with Crippen LogP contribution < -0.4 is 9.97 Å². The molecule has 7 heteroatoms. The van der Waals surface area contributed by atoms with Gasteiger partial charge in [0.2, 0.25) is 0 Å². The predicted molar refractivity (Wildman–Crippen MR) is 182 cm³/mol. The number of para-hydroxylation sites is 1. The second kappa shape index (κ2) is 19.4. The second-order valence-electron chi connectivity index (χ2n) is 10.3. The summed E-state index contributed by atoms with van der Waals surface area (Å²) in [6, 6.07) is 38.6. The Morgan fingerprint density at radius 1 is 0.791 bits per heavy atom. The zero-order valence-electron chi connectivity index (χ0n) is 25.1. The highest BCUT2D eigenvalue weighted by Gasteiger charge is 2.18. The number of piperidine rings is 1. The molecule has 6 rings (SSSR count). The van der Waals surface area contributed by atoms with Crippen molar-refractivity contribution in [1.82, 2.24) is 15.3 Å². The van der Waals surface area contributed by atoms with Gasteiger partial charge in [0.1, 0.15) is 4.60 Å². The zero-order valence-corrected chi connectivity index (χ0v) is 26.7. The first-order chi connectivity index (χ1) is 20.9. The van der Waals surface area contributed by atoms with Crippen molar-refractivity contribution in [3.63, 3.8) is 0 Å². The molecule has 2 aromatic heterocycles. The van der Waals surface area contributed by atoms with Gasteiger partial charge in [0.15, 0.2) is 0 Å². The lowest BCUT2D eigenvalue weighted by atomic mass is 9.90. The van der Waals surface area contributed by atoms with E-state index in [0.717, 1.165) is 16.2 Å². The van der Waals surface area contributed by atoms with Crippen molar-refractivity contribution >= 4 is 23.6 Å². The molecule has 1 saturated heterocycles. The molecule has 1 aliphatic rings. The van der Waals surface area contributed by atoms with Crippen molar-refractivity contribution in [1.29, 1.82) is 0 Å². The van der Waals surface area contributed by atoms with Crippen molar-refractivity contribution in [2.24, 2.45) is 5.92 Å². The molecule has 0 bridgehead atoms. The van der Waals surface area contributed by atoms with E-state index in [-0.39, 0.29) is 0 Å². The molecule has 5 aromatic rings. The van der Waals surface area contributed by atoms with E-state index in [1.54, 1.807) is 18.3 Å². The van der Waals surface area contributed by atoms with Crippen LogP contribution in [0.4, 0.5) is 0 Å². The quantitative estimate of drug-likeness (QED) is 0.153. The maximum atomic E-state index is 8.17. The fourth-order valence-corrected chi connectivity index (χ4v) is 4.89. The molecular weight excluding hydrogens is 597 g/mol. The lowest BCUT2D eigenvalue weighted by molar-refractivity contribution is 0.325. The third kappa shape index (κ3) is 13.4. The molecule has 1 fully saturated rings. The van der Waals surface area contributed by atoms with Gasteiger partial charge in [0, 0.05) is 24.0 Å². The van der Waals surface area contributed by atoms with Gasteiger partial charge in [0.25, 0.3) is 0 Å². The lowest BCUT2D eigenvalue weighted by Crippen LogP contribution is -2.30. The standard InChI is InChI=1S/C12H17N.C12H11N.C6H6BO2.C6H6BrN/c2*1-10-7-8-13-12(9-10)11-5-3-2-4-6-11;8-7-9-6-4-2-1-3-5-6;1-5-2-3-8-6(7)4-5/h2-6,10,12-13H,7-9H2,1H3;2-9H,1H3;1-5,8H;2-4H,1H3. The van der Waals surface area contributed by atoms with E-state index < -0.39 is 0 Å². The minimum absolute atomic E-state index is 0.588. The van der Waals surface area contributed by atoms with Crippen LogP contribution in [0.1, 0.15) is 42.5 Å². The maximum absolute atomic E-state index is 8.17. The van der Waals surface area contributed by atoms with Crippen LogP contribution in [0.5, 0.6) is 5.75 Å². The molecule has 2 N–H and O–H groups in total. The first-order valence-electron chi connectivity index (χ1n) is 14.5. The summed E-state index contributed by atoms with van der Waals surface area (Å²) < 4.78 is 5.54. The molecule has 1 aliphatic heterocycles.